The van der Waals surface area contributed by atoms with Crippen molar-refractivity contribution in [3.05, 3.63) is 52.0 Å². The quantitative estimate of drug-likeness (QED) is 0.445. The van der Waals surface area contributed by atoms with Gasteiger partial charge in [-0.2, -0.15) is 8.78 Å². The zero-order valence-corrected chi connectivity index (χ0v) is 16.8. The van der Waals surface area contributed by atoms with Crippen LogP contribution < -0.4 is 9.47 Å². The highest BCUT2D eigenvalue weighted by molar-refractivity contribution is 7.98. The third-order valence-electron chi connectivity index (χ3n) is 4.37. The van der Waals surface area contributed by atoms with Crippen LogP contribution in [0.2, 0.25) is 0 Å². The molecule has 2 heterocycles. The number of ether oxygens (including phenoxy) is 2. The summed E-state index contributed by atoms with van der Waals surface area (Å²) in [7, 11) is 1.44. The van der Waals surface area contributed by atoms with Crippen molar-refractivity contribution in [2.75, 3.05) is 7.11 Å². The number of nitrogens with zero attached hydrogens (tertiary/aromatic N) is 3. The van der Waals surface area contributed by atoms with Crippen LogP contribution in [0, 0.1) is 0 Å². The van der Waals surface area contributed by atoms with E-state index < -0.39 is 6.61 Å². The van der Waals surface area contributed by atoms with E-state index >= 15 is 0 Å². The SMILES string of the molecule is COc1cc(CSc2nnc(Cc3cccs3)n2C2CC2)ccc1OC(F)F. The van der Waals surface area contributed by atoms with Gasteiger partial charge in [0.1, 0.15) is 5.82 Å². The van der Waals surface area contributed by atoms with Gasteiger partial charge in [-0.3, -0.25) is 0 Å². The molecule has 3 aromatic rings. The summed E-state index contributed by atoms with van der Waals surface area (Å²) in [6.07, 6.45) is 3.09. The summed E-state index contributed by atoms with van der Waals surface area (Å²) < 4.78 is 36.8. The van der Waals surface area contributed by atoms with Gasteiger partial charge in [0.15, 0.2) is 16.7 Å². The highest BCUT2D eigenvalue weighted by Crippen LogP contribution is 2.40. The molecule has 0 saturated heterocycles. The number of rotatable bonds is 9. The van der Waals surface area contributed by atoms with Crippen LogP contribution in [0.3, 0.4) is 0 Å². The van der Waals surface area contributed by atoms with Crippen molar-refractivity contribution in [1.82, 2.24) is 14.8 Å². The summed E-state index contributed by atoms with van der Waals surface area (Å²) in [5.74, 6) is 1.95. The van der Waals surface area contributed by atoms with Crippen molar-refractivity contribution in [3.8, 4) is 11.5 Å². The second kappa shape index (κ2) is 8.48. The Morgan fingerprint density at radius 2 is 2.11 bits per heavy atom. The predicted octanol–water partition coefficient (Wildman–Crippen LogP) is 5.17. The number of thioether (sulfide) groups is 1. The monoisotopic (exact) mass is 423 g/mol. The molecular formula is C19H19F2N3O2S2. The molecule has 0 radical (unpaired) electrons. The lowest BCUT2D eigenvalue weighted by atomic mass is 10.2. The van der Waals surface area contributed by atoms with Crippen molar-refractivity contribution in [2.45, 2.75) is 42.8 Å². The molecule has 5 nitrogen and oxygen atoms in total. The van der Waals surface area contributed by atoms with Gasteiger partial charge < -0.3 is 14.0 Å². The number of aromatic nitrogens is 3. The smallest absolute Gasteiger partial charge is 0.387 e. The highest BCUT2D eigenvalue weighted by Gasteiger charge is 2.29. The fraction of sp³-hybridized carbons (Fsp3) is 0.368. The summed E-state index contributed by atoms with van der Waals surface area (Å²) in [6, 6.07) is 9.62. The molecule has 1 saturated carbocycles. The molecule has 0 aliphatic heterocycles. The molecule has 28 heavy (non-hydrogen) atoms. The molecule has 0 atom stereocenters. The molecule has 1 aliphatic carbocycles. The third kappa shape index (κ3) is 4.47. The number of methoxy groups -OCH3 is 1. The predicted molar refractivity (Wildman–Crippen MR) is 105 cm³/mol. The Morgan fingerprint density at radius 3 is 2.79 bits per heavy atom. The lowest BCUT2D eigenvalue weighted by Crippen LogP contribution is -2.04. The van der Waals surface area contributed by atoms with Crippen LogP contribution in [-0.4, -0.2) is 28.5 Å². The molecular weight excluding hydrogens is 404 g/mol. The van der Waals surface area contributed by atoms with Gasteiger partial charge in [-0.15, -0.1) is 21.5 Å². The molecule has 0 spiro atoms. The first-order valence-electron chi connectivity index (χ1n) is 8.84. The van der Waals surface area contributed by atoms with Crippen LogP contribution >= 0.6 is 23.1 Å². The van der Waals surface area contributed by atoms with Gasteiger partial charge >= 0.3 is 6.61 Å². The van der Waals surface area contributed by atoms with Gasteiger partial charge in [-0.1, -0.05) is 23.9 Å². The molecule has 1 aromatic carbocycles. The Balaban J connectivity index is 1.48. The Hall–Kier alpha value is -2.13. The maximum absolute atomic E-state index is 12.5. The standard InChI is InChI=1S/C19H19F2N3O2S2/c1-25-16-9-12(4-7-15(16)26-18(20)21)11-28-19-23-22-17(24(19)13-5-6-13)10-14-3-2-8-27-14/h2-4,7-9,13,18H,5-6,10-11H2,1H3. The van der Waals surface area contributed by atoms with E-state index in [9.17, 15) is 8.78 Å². The number of thiophene rings is 1. The van der Waals surface area contributed by atoms with Crippen molar-refractivity contribution in [2.24, 2.45) is 0 Å². The van der Waals surface area contributed by atoms with Gasteiger partial charge in [0.25, 0.3) is 0 Å². The Bertz CT molecular complexity index is 927. The first-order chi connectivity index (χ1) is 13.6. The molecule has 0 amide bonds. The number of benzene rings is 1. The zero-order valence-electron chi connectivity index (χ0n) is 15.2. The molecule has 1 aliphatic rings. The minimum atomic E-state index is -2.88. The molecule has 1 fully saturated rings. The summed E-state index contributed by atoms with van der Waals surface area (Å²) in [5, 5.41) is 11.8. The molecule has 4 rings (SSSR count). The normalized spacial score (nSPS) is 13.9. The van der Waals surface area contributed by atoms with Crippen molar-refractivity contribution in [3.63, 3.8) is 0 Å². The van der Waals surface area contributed by atoms with E-state index in [4.69, 9.17) is 4.74 Å². The van der Waals surface area contributed by atoms with Crippen LogP contribution in [0.1, 0.15) is 35.1 Å². The topological polar surface area (TPSA) is 49.2 Å². The second-order valence-corrected chi connectivity index (χ2v) is 8.38. The van der Waals surface area contributed by atoms with E-state index in [1.807, 2.05) is 6.07 Å². The maximum atomic E-state index is 12.5. The summed E-state index contributed by atoms with van der Waals surface area (Å²) in [5.41, 5.74) is 0.939. The summed E-state index contributed by atoms with van der Waals surface area (Å²) in [6.45, 7) is -2.88. The Kier molecular flexibility index (Phi) is 5.82. The van der Waals surface area contributed by atoms with E-state index in [0.29, 0.717) is 17.5 Å². The lowest BCUT2D eigenvalue weighted by molar-refractivity contribution is -0.0512. The Morgan fingerprint density at radius 1 is 1.25 bits per heavy atom. The van der Waals surface area contributed by atoms with E-state index in [2.05, 4.69) is 30.9 Å². The molecule has 0 unspecified atom stereocenters. The van der Waals surface area contributed by atoms with Gasteiger partial charge in [0, 0.05) is 23.1 Å². The van der Waals surface area contributed by atoms with E-state index in [1.54, 1.807) is 35.2 Å². The summed E-state index contributed by atoms with van der Waals surface area (Å²) >= 11 is 3.31. The number of hydrogen-bond acceptors (Lipinski definition) is 6. The minimum Gasteiger partial charge on any atom is -0.493 e. The molecule has 2 aromatic heterocycles. The average molecular weight is 424 g/mol. The van der Waals surface area contributed by atoms with Gasteiger partial charge in [-0.05, 0) is 42.0 Å². The van der Waals surface area contributed by atoms with E-state index in [1.165, 1.54) is 18.1 Å². The van der Waals surface area contributed by atoms with Gasteiger partial charge in [-0.25, -0.2) is 0 Å². The van der Waals surface area contributed by atoms with Gasteiger partial charge in [0.05, 0.1) is 7.11 Å². The molecule has 148 valence electrons. The van der Waals surface area contributed by atoms with Crippen LogP contribution in [0.4, 0.5) is 8.78 Å². The lowest BCUT2D eigenvalue weighted by Gasteiger charge is -2.12. The second-order valence-electron chi connectivity index (χ2n) is 6.41. The average Bonchev–Trinajstić information content (AvgIpc) is 3.23. The van der Waals surface area contributed by atoms with Crippen LogP contribution in [0.25, 0.3) is 0 Å². The minimum absolute atomic E-state index is 0.0330. The first-order valence-corrected chi connectivity index (χ1v) is 10.7. The fourth-order valence-electron chi connectivity index (χ4n) is 2.94. The molecule has 9 heteroatoms. The van der Waals surface area contributed by atoms with Crippen molar-refractivity contribution < 1.29 is 18.3 Å². The summed E-state index contributed by atoms with van der Waals surface area (Å²) in [4.78, 5) is 1.27. The number of halogens is 2. The molecule has 0 N–H and O–H groups in total. The Labute approximate surface area is 169 Å². The number of hydrogen-bond donors (Lipinski definition) is 0. The van der Waals surface area contributed by atoms with Crippen LogP contribution in [0.15, 0.2) is 40.9 Å². The first kappa shape index (κ1) is 19.2. The largest absolute Gasteiger partial charge is 0.493 e. The highest BCUT2D eigenvalue weighted by atomic mass is 32.2. The molecule has 0 bridgehead atoms. The van der Waals surface area contributed by atoms with Crippen molar-refractivity contribution in [1.29, 1.82) is 0 Å². The van der Waals surface area contributed by atoms with Crippen molar-refractivity contribution >= 4 is 23.1 Å². The van der Waals surface area contributed by atoms with Crippen LogP contribution in [0.5, 0.6) is 11.5 Å². The fourth-order valence-corrected chi connectivity index (χ4v) is 4.61. The van der Waals surface area contributed by atoms with E-state index in [-0.39, 0.29) is 5.75 Å². The van der Waals surface area contributed by atoms with Gasteiger partial charge in [0.2, 0.25) is 0 Å². The maximum Gasteiger partial charge on any atom is 0.387 e. The van der Waals surface area contributed by atoms with Crippen LogP contribution in [-0.2, 0) is 12.2 Å². The zero-order chi connectivity index (χ0) is 19.5. The number of alkyl halides is 2. The third-order valence-corrected chi connectivity index (χ3v) is 6.26. The van der Waals surface area contributed by atoms with E-state index in [0.717, 1.165) is 35.8 Å².